The quantitative estimate of drug-likeness (QED) is 0.535. The van der Waals surface area contributed by atoms with Gasteiger partial charge in [-0.2, -0.15) is 13.2 Å². The first-order chi connectivity index (χ1) is 14.1. The van der Waals surface area contributed by atoms with E-state index >= 15 is 0 Å². The molecule has 2 atom stereocenters. The highest BCUT2D eigenvalue weighted by Crippen LogP contribution is 2.37. The second-order valence-electron chi connectivity index (χ2n) is 8.19. The van der Waals surface area contributed by atoms with Gasteiger partial charge in [-0.3, -0.25) is 4.79 Å². The maximum atomic E-state index is 13.3. The molecule has 2 aromatic carbocycles. The average Bonchev–Trinajstić information content (AvgIpc) is 3.02. The standard InChI is InChI=1S/C24H27F3N2O/c1-15(2)16(3)28-23(30)13-20(17-8-7-9-18(12-17)24(25,26)27)21-14-29(4)22-11-6-5-10-19(21)22/h5-12,14-16,20H,13H2,1-4H3,(H,28,30)/t16-,20-/m1/s1. The lowest BCUT2D eigenvalue weighted by Crippen LogP contribution is -2.36. The summed E-state index contributed by atoms with van der Waals surface area (Å²) >= 11 is 0. The maximum Gasteiger partial charge on any atom is 0.416 e. The number of nitrogens with one attached hydrogen (secondary N) is 1. The zero-order valence-corrected chi connectivity index (χ0v) is 17.6. The lowest BCUT2D eigenvalue weighted by molar-refractivity contribution is -0.137. The molecule has 0 aliphatic carbocycles. The first kappa shape index (κ1) is 21.9. The summed E-state index contributed by atoms with van der Waals surface area (Å²) in [5.74, 6) is -0.400. The first-order valence-corrected chi connectivity index (χ1v) is 10.1. The summed E-state index contributed by atoms with van der Waals surface area (Å²) in [6, 6.07) is 13.0. The molecule has 1 aromatic heterocycles. The van der Waals surface area contributed by atoms with Crippen molar-refractivity contribution in [2.75, 3.05) is 0 Å². The van der Waals surface area contributed by atoms with E-state index in [-0.39, 0.29) is 24.3 Å². The van der Waals surface area contributed by atoms with Crippen LogP contribution < -0.4 is 5.32 Å². The third kappa shape index (κ3) is 4.69. The van der Waals surface area contributed by atoms with Crippen LogP contribution in [0, 0.1) is 5.92 Å². The minimum Gasteiger partial charge on any atom is -0.353 e. The van der Waals surface area contributed by atoms with Gasteiger partial charge in [0.25, 0.3) is 0 Å². The van der Waals surface area contributed by atoms with E-state index in [1.807, 2.05) is 62.8 Å². The van der Waals surface area contributed by atoms with E-state index in [0.29, 0.717) is 5.56 Å². The number of hydrogen-bond acceptors (Lipinski definition) is 1. The number of rotatable bonds is 6. The number of aromatic nitrogens is 1. The summed E-state index contributed by atoms with van der Waals surface area (Å²) in [5, 5.41) is 3.92. The molecule has 3 aromatic rings. The minimum atomic E-state index is -4.44. The molecule has 0 aliphatic heterocycles. The number of hydrogen-bond donors (Lipinski definition) is 1. The third-order valence-corrected chi connectivity index (χ3v) is 5.70. The predicted octanol–water partition coefficient (Wildman–Crippen LogP) is 5.88. The number of alkyl halides is 3. The number of amides is 1. The van der Waals surface area contributed by atoms with Crippen molar-refractivity contribution in [1.82, 2.24) is 9.88 Å². The molecule has 3 nitrogen and oxygen atoms in total. The lowest BCUT2D eigenvalue weighted by Gasteiger charge is -2.22. The van der Waals surface area contributed by atoms with Crippen molar-refractivity contribution in [3.63, 3.8) is 0 Å². The number of nitrogens with zero attached hydrogens (tertiary/aromatic N) is 1. The van der Waals surface area contributed by atoms with E-state index in [0.717, 1.165) is 28.6 Å². The van der Waals surface area contributed by atoms with Crippen LogP contribution in [0.5, 0.6) is 0 Å². The Balaban J connectivity index is 2.06. The van der Waals surface area contributed by atoms with Crippen LogP contribution >= 0.6 is 0 Å². The van der Waals surface area contributed by atoms with Crippen molar-refractivity contribution in [3.8, 4) is 0 Å². The molecular formula is C24H27F3N2O. The second kappa shape index (κ2) is 8.54. The van der Waals surface area contributed by atoms with Crippen molar-refractivity contribution in [2.24, 2.45) is 13.0 Å². The molecule has 0 radical (unpaired) electrons. The third-order valence-electron chi connectivity index (χ3n) is 5.70. The van der Waals surface area contributed by atoms with Gasteiger partial charge in [-0.15, -0.1) is 0 Å². The van der Waals surface area contributed by atoms with E-state index in [1.165, 1.54) is 6.07 Å². The Morgan fingerprint density at radius 2 is 1.77 bits per heavy atom. The van der Waals surface area contributed by atoms with E-state index in [9.17, 15) is 18.0 Å². The highest BCUT2D eigenvalue weighted by molar-refractivity contribution is 5.86. The Bertz CT molecular complexity index is 1040. The fourth-order valence-electron chi connectivity index (χ4n) is 3.65. The van der Waals surface area contributed by atoms with Crippen molar-refractivity contribution in [1.29, 1.82) is 0 Å². The summed E-state index contributed by atoms with van der Waals surface area (Å²) in [5.41, 5.74) is 1.59. The van der Waals surface area contributed by atoms with Crippen LogP contribution in [0.1, 0.15) is 49.8 Å². The zero-order chi connectivity index (χ0) is 22.1. The van der Waals surface area contributed by atoms with Crippen LogP contribution in [0.15, 0.2) is 54.7 Å². The number of fused-ring (bicyclic) bond motifs is 1. The minimum absolute atomic E-state index is 0.0211. The van der Waals surface area contributed by atoms with E-state index in [2.05, 4.69) is 5.32 Å². The van der Waals surface area contributed by atoms with Crippen molar-refractivity contribution < 1.29 is 18.0 Å². The first-order valence-electron chi connectivity index (χ1n) is 10.1. The summed E-state index contributed by atoms with van der Waals surface area (Å²) in [4.78, 5) is 12.8. The molecule has 30 heavy (non-hydrogen) atoms. The van der Waals surface area contributed by atoms with Gasteiger partial charge in [0.2, 0.25) is 5.91 Å². The summed E-state index contributed by atoms with van der Waals surface area (Å²) in [7, 11) is 1.90. The highest BCUT2D eigenvalue weighted by Gasteiger charge is 2.32. The number of aryl methyl sites for hydroxylation is 1. The molecule has 0 spiro atoms. The molecule has 0 saturated heterocycles. The fraction of sp³-hybridized carbons (Fsp3) is 0.375. The van der Waals surface area contributed by atoms with Gasteiger partial charge in [0, 0.05) is 42.5 Å². The van der Waals surface area contributed by atoms with Crippen LogP contribution in [-0.2, 0) is 18.0 Å². The van der Waals surface area contributed by atoms with E-state index in [1.54, 1.807) is 6.07 Å². The molecule has 6 heteroatoms. The highest BCUT2D eigenvalue weighted by atomic mass is 19.4. The molecule has 0 saturated carbocycles. The monoisotopic (exact) mass is 416 g/mol. The lowest BCUT2D eigenvalue weighted by atomic mass is 9.87. The van der Waals surface area contributed by atoms with Crippen LogP contribution in [0.3, 0.4) is 0 Å². The second-order valence-corrected chi connectivity index (χ2v) is 8.19. The molecular weight excluding hydrogens is 389 g/mol. The smallest absolute Gasteiger partial charge is 0.353 e. The van der Waals surface area contributed by atoms with Crippen LogP contribution in [0.2, 0.25) is 0 Å². The van der Waals surface area contributed by atoms with Gasteiger partial charge in [-0.05, 0) is 36.1 Å². The normalized spacial score (nSPS) is 14.1. The van der Waals surface area contributed by atoms with Gasteiger partial charge < -0.3 is 9.88 Å². The van der Waals surface area contributed by atoms with Gasteiger partial charge in [-0.1, -0.05) is 50.2 Å². The van der Waals surface area contributed by atoms with Gasteiger partial charge in [-0.25, -0.2) is 0 Å². The SMILES string of the molecule is CC(C)[C@@H](C)NC(=O)C[C@H](c1cccc(C(F)(F)F)c1)c1cn(C)c2ccccc12. The molecule has 1 heterocycles. The average molecular weight is 416 g/mol. The van der Waals surface area contributed by atoms with Gasteiger partial charge in [0.1, 0.15) is 0 Å². The summed E-state index contributed by atoms with van der Waals surface area (Å²) in [6.07, 6.45) is -2.45. The Kier molecular flexibility index (Phi) is 6.25. The van der Waals surface area contributed by atoms with Gasteiger partial charge in [0.05, 0.1) is 5.56 Å². The molecule has 1 N–H and O–H groups in total. The largest absolute Gasteiger partial charge is 0.416 e. The molecule has 0 bridgehead atoms. The molecule has 1 amide bonds. The number of para-hydroxylation sites is 1. The number of carbonyl (C=O) groups excluding carboxylic acids is 1. The van der Waals surface area contributed by atoms with E-state index in [4.69, 9.17) is 0 Å². The molecule has 0 fully saturated rings. The molecule has 160 valence electrons. The topological polar surface area (TPSA) is 34.0 Å². The summed E-state index contributed by atoms with van der Waals surface area (Å²) < 4.78 is 41.9. The maximum absolute atomic E-state index is 13.3. The summed E-state index contributed by atoms with van der Waals surface area (Å²) in [6.45, 7) is 5.96. The number of benzene rings is 2. The van der Waals surface area contributed by atoms with Gasteiger partial charge >= 0.3 is 6.18 Å². The Morgan fingerprint density at radius 1 is 1.07 bits per heavy atom. The van der Waals surface area contributed by atoms with Crippen molar-refractivity contribution in [3.05, 3.63) is 71.4 Å². The fourth-order valence-corrected chi connectivity index (χ4v) is 3.65. The number of carbonyl (C=O) groups is 1. The number of halogens is 3. The Morgan fingerprint density at radius 3 is 2.43 bits per heavy atom. The van der Waals surface area contributed by atoms with Crippen LogP contribution in [0.25, 0.3) is 10.9 Å². The molecule has 0 aliphatic rings. The van der Waals surface area contributed by atoms with Gasteiger partial charge in [0.15, 0.2) is 0 Å². The molecule has 3 rings (SSSR count). The Labute approximate surface area is 174 Å². The molecule has 0 unspecified atom stereocenters. The van der Waals surface area contributed by atoms with E-state index < -0.39 is 17.7 Å². The predicted molar refractivity (Wildman–Crippen MR) is 113 cm³/mol. The zero-order valence-electron chi connectivity index (χ0n) is 17.6. The van der Waals surface area contributed by atoms with Crippen molar-refractivity contribution >= 4 is 16.8 Å². The van der Waals surface area contributed by atoms with Crippen molar-refractivity contribution in [2.45, 2.75) is 45.3 Å². The van der Waals surface area contributed by atoms with Crippen LogP contribution in [0.4, 0.5) is 13.2 Å². The Hall–Kier alpha value is -2.76. The van der Waals surface area contributed by atoms with Crippen LogP contribution in [-0.4, -0.2) is 16.5 Å².